The van der Waals surface area contributed by atoms with Gasteiger partial charge in [0.1, 0.15) is 0 Å². The number of hydrogen-bond acceptors (Lipinski definition) is 9. The number of nitrogens with zero attached hydrogens (tertiary/aromatic N) is 4. The molecule has 0 aliphatic carbocycles. The quantitative estimate of drug-likeness (QED) is 0.225. The third kappa shape index (κ3) is 7.11. The van der Waals surface area contributed by atoms with Crippen molar-refractivity contribution in [2.75, 3.05) is 78.4 Å². The average molecular weight is 578 g/mol. The number of morpholine rings is 2. The third-order valence-electron chi connectivity index (χ3n) is 7.38. The summed E-state index contributed by atoms with van der Waals surface area (Å²) < 4.78 is 11.0. The van der Waals surface area contributed by atoms with Gasteiger partial charge in [0.25, 0.3) is 0 Å². The smallest absolute Gasteiger partial charge is 0.247 e. The molecule has 2 saturated heterocycles. The molecule has 3 N–H and O–H groups in total. The zero-order valence-corrected chi connectivity index (χ0v) is 24.0. The number of amides is 1. The molecule has 0 unspecified atom stereocenters. The molecule has 0 radical (unpaired) electrons. The second-order valence-corrected chi connectivity index (χ2v) is 10.3. The fraction of sp³-hybridized carbons (Fsp3) is 0.242. The Morgan fingerprint density at radius 1 is 0.767 bits per heavy atom. The van der Waals surface area contributed by atoms with E-state index in [9.17, 15) is 4.79 Å². The summed E-state index contributed by atoms with van der Waals surface area (Å²) >= 11 is 0. The maximum absolute atomic E-state index is 12.0. The number of carbonyl (C=O) groups is 1. The Morgan fingerprint density at radius 3 is 2.16 bits per heavy atom. The second-order valence-electron chi connectivity index (χ2n) is 10.3. The molecule has 2 aliphatic heterocycles. The average Bonchev–Trinajstić information content (AvgIpc) is 3.07. The summed E-state index contributed by atoms with van der Waals surface area (Å²) in [5, 5.41) is 9.71. The van der Waals surface area contributed by atoms with E-state index in [4.69, 9.17) is 14.5 Å². The number of carbonyl (C=O) groups excluding carboxylic acids is 1. The highest BCUT2D eigenvalue weighted by atomic mass is 16.5. The number of hydrogen-bond donors (Lipinski definition) is 3. The van der Waals surface area contributed by atoms with Crippen LogP contribution in [0.1, 0.15) is 0 Å². The van der Waals surface area contributed by atoms with Crippen molar-refractivity contribution in [1.29, 1.82) is 0 Å². The van der Waals surface area contributed by atoms with Gasteiger partial charge in [-0.1, -0.05) is 24.8 Å². The fourth-order valence-electron chi connectivity index (χ4n) is 5.15. The van der Waals surface area contributed by atoms with Crippen LogP contribution in [0.25, 0.3) is 11.3 Å². The van der Waals surface area contributed by atoms with Gasteiger partial charge in [0, 0.05) is 60.2 Å². The van der Waals surface area contributed by atoms with E-state index in [0.717, 1.165) is 86.6 Å². The van der Waals surface area contributed by atoms with Crippen LogP contribution in [0.5, 0.6) is 0 Å². The van der Waals surface area contributed by atoms with Gasteiger partial charge < -0.3 is 35.2 Å². The van der Waals surface area contributed by atoms with E-state index in [-0.39, 0.29) is 5.91 Å². The predicted octanol–water partition coefficient (Wildman–Crippen LogP) is 5.43. The minimum Gasteiger partial charge on any atom is -0.378 e. The monoisotopic (exact) mass is 577 g/mol. The van der Waals surface area contributed by atoms with Crippen LogP contribution < -0.4 is 25.8 Å². The Morgan fingerprint density at radius 2 is 1.44 bits per heavy atom. The SMILES string of the molecule is C=CC(=O)Nc1cccc(-c2nc(Nc3cccc(N4CCOCC4)c3)ncc2Nc2ccc(N3CCOCC3)cc2)c1. The van der Waals surface area contributed by atoms with Crippen molar-refractivity contribution in [3.63, 3.8) is 0 Å². The van der Waals surface area contributed by atoms with Gasteiger partial charge in [0.05, 0.1) is 44.0 Å². The first-order valence-electron chi connectivity index (χ1n) is 14.4. The molecule has 6 rings (SSSR count). The van der Waals surface area contributed by atoms with E-state index in [2.05, 4.69) is 73.7 Å². The molecule has 3 heterocycles. The highest BCUT2D eigenvalue weighted by Gasteiger charge is 2.15. The normalized spacial score (nSPS) is 15.1. The lowest BCUT2D eigenvalue weighted by Gasteiger charge is -2.29. The molecule has 220 valence electrons. The maximum Gasteiger partial charge on any atom is 0.247 e. The summed E-state index contributed by atoms with van der Waals surface area (Å²) in [6.07, 6.45) is 3.03. The lowest BCUT2D eigenvalue weighted by atomic mass is 10.1. The van der Waals surface area contributed by atoms with Gasteiger partial charge in [-0.25, -0.2) is 9.97 Å². The summed E-state index contributed by atoms with van der Waals surface area (Å²) in [5.41, 5.74) is 6.98. The van der Waals surface area contributed by atoms with Gasteiger partial charge in [-0.15, -0.1) is 0 Å². The first kappa shape index (κ1) is 28.2. The summed E-state index contributed by atoms with van der Waals surface area (Å²) in [4.78, 5) is 26.2. The van der Waals surface area contributed by atoms with E-state index < -0.39 is 0 Å². The summed E-state index contributed by atoms with van der Waals surface area (Å²) in [7, 11) is 0. The van der Waals surface area contributed by atoms with Gasteiger partial charge in [-0.05, 0) is 60.7 Å². The highest BCUT2D eigenvalue weighted by Crippen LogP contribution is 2.32. The van der Waals surface area contributed by atoms with Crippen LogP contribution in [0, 0.1) is 0 Å². The van der Waals surface area contributed by atoms with Crippen LogP contribution >= 0.6 is 0 Å². The number of ether oxygens (including phenoxy) is 2. The van der Waals surface area contributed by atoms with Crippen molar-refractivity contribution in [1.82, 2.24) is 9.97 Å². The van der Waals surface area contributed by atoms with E-state index in [1.165, 1.54) is 6.08 Å². The van der Waals surface area contributed by atoms with E-state index in [0.29, 0.717) is 17.3 Å². The van der Waals surface area contributed by atoms with Crippen molar-refractivity contribution in [3.05, 3.63) is 91.6 Å². The fourth-order valence-corrected chi connectivity index (χ4v) is 5.15. The maximum atomic E-state index is 12.0. The van der Waals surface area contributed by atoms with Crippen molar-refractivity contribution >= 4 is 46.0 Å². The molecular weight excluding hydrogens is 542 g/mol. The zero-order chi connectivity index (χ0) is 29.4. The Bertz CT molecular complexity index is 1570. The Balaban J connectivity index is 1.29. The Kier molecular flexibility index (Phi) is 8.77. The molecule has 4 aromatic rings. The van der Waals surface area contributed by atoms with Crippen molar-refractivity contribution in [2.24, 2.45) is 0 Å². The molecule has 2 fully saturated rings. The number of benzene rings is 3. The molecular formula is C33H35N7O3. The summed E-state index contributed by atoms with van der Waals surface area (Å²) in [6.45, 7) is 9.96. The molecule has 1 aromatic heterocycles. The number of anilines is 7. The molecule has 0 atom stereocenters. The van der Waals surface area contributed by atoms with E-state index in [1.807, 2.05) is 36.4 Å². The molecule has 0 bridgehead atoms. The van der Waals surface area contributed by atoms with Crippen molar-refractivity contribution < 1.29 is 14.3 Å². The Labute approximate surface area is 251 Å². The van der Waals surface area contributed by atoms with Crippen LogP contribution in [0.3, 0.4) is 0 Å². The predicted molar refractivity (Wildman–Crippen MR) is 172 cm³/mol. The summed E-state index contributed by atoms with van der Waals surface area (Å²) in [5.74, 6) is 0.184. The lowest BCUT2D eigenvalue weighted by molar-refractivity contribution is -0.111. The molecule has 10 heteroatoms. The van der Waals surface area contributed by atoms with Crippen LogP contribution in [-0.4, -0.2) is 68.5 Å². The molecule has 1 amide bonds. The lowest BCUT2D eigenvalue weighted by Crippen LogP contribution is -2.36. The van der Waals surface area contributed by atoms with Crippen LogP contribution in [0.15, 0.2) is 91.6 Å². The van der Waals surface area contributed by atoms with Crippen LogP contribution in [0.2, 0.25) is 0 Å². The van der Waals surface area contributed by atoms with Gasteiger partial charge in [0.15, 0.2) is 0 Å². The van der Waals surface area contributed by atoms with Crippen LogP contribution in [0.4, 0.5) is 40.1 Å². The zero-order valence-electron chi connectivity index (χ0n) is 24.0. The topological polar surface area (TPSA) is 104 Å². The number of rotatable bonds is 9. The number of nitrogens with one attached hydrogen (secondary N) is 3. The van der Waals surface area contributed by atoms with E-state index in [1.54, 1.807) is 6.20 Å². The Hall–Kier alpha value is -4.93. The second kappa shape index (κ2) is 13.4. The third-order valence-corrected chi connectivity index (χ3v) is 7.38. The number of aromatic nitrogens is 2. The molecule has 2 aliphatic rings. The minimum absolute atomic E-state index is 0.277. The molecule has 0 saturated carbocycles. The molecule has 10 nitrogen and oxygen atoms in total. The van der Waals surface area contributed by atoms with E-state index >= 15 is 0 Å². The van der Waals surface area contributed by atoms with Gasteiger partial charge in [-0.2, -0.15) is 0 Å². The van der Waals surface area contributed by atoms with Crippen LogP contribution in [-0.2, 0) is 14.3 Å². The van der Waals surface area contributed by atoms with Crippen molar-refractivity contribution in [3.8, 4) is 11.3 Å². The standard InChI is InChI=1S/C33H35N7O3/c1-2-31(41)36-26-6-3-5-24(21-26)32-30(35-25-9-11-28(12-10-25)39-13-17-42-18-14-39)23-34-33(38-32)37-27-7-4-8-29(22-27)40-15-19-43-20-16-40/h2-12,21-23,35H,1,13-20H2,(H,36,41)(H,34,37,38). The van der Waals surface area contributed by atoms with Gasteiger partial charge in [-0.3, -0.25) is 4.79 Å². The molecule has 3 aromatic carbocycles. The highest BCUT2D eigenvalue weighted by molar-refractivity contribution is 5.99. The summed E-state index contributed by atoms with van der Waals surface area (Å²) in [6, 6.07) is 24.1. The first-order chi connectivity index (χ1) is 21.1. The minimum atomic E-state index is -0.277. The van der Waals surface area contributed by atoms with Gasteiger partial charge >= 0.3 is 0 Å². The first-order valence-corrected chi connectivity index (χ1v) is 14.4. The molecule has 43 heavy (non-hydrogen) atoms. The molecule has 0 spiro atoms. The van der Waals surface area contributed by atoms with Gasteiger partial charge in [0.2, 0.25) is 11.9 Å². The largest absolute Gasteiger partial charge is 0.378 e. The van der Waals surface area contributed by atoms with Crippen molar-refractivity contribution in [2.45, 2.75) is 0 Å².